The molecule has 0 saturated heterocycles. The van der Waals surface area contributed by atoms with Crippen molar-refractivity contribution in [1.29, 1.82) is 0 Å². The molecule has 0 radical (unpaired) electrons. The number of nitrogens with zero attached hydrogens (tertiary/aromatic N) is 2. The molecule has 1 aromatic heterocycles. The minimum atomic E-state index is -0.682. The number of fused-ring (bicyclic) bond motifs is 2. The van der Waals surface area contributed by atoms with Crippen LogP contribution in [0.3, 0.4) is 0 Å². The first-order valence-corrected chi connectivity index (χ1v) is 8.81. The van der Waals surface area contributed by atoms with Gasteiger partial charge >= 0.3 is 11.8 Å². The Morgan fingerprint density at radius 1 is 1.28 bits per heavy atom. The Kier molecular flexibility index (Phi) is 4.08. The van der Waals surface area contributed by atoms with E-state index in [9.17, 15) is 9.59 Å². The van der Waals surface area contributed by atoms with Crippen LogP contribution in [0, 0.1) is 23.7 Å². The number of hydrogen-bond donors (Lipinski definition) is 2. The van der Waals surface area contributed by atoms with Crippen LogP contribution in [0.2, 0.25) is 0 Å². The predicted octanol–water partition coefficient (Wildman–Crippen LogP) is 2.01. The van der Waals surface area contributed by atoms with Gasteiger partial charge in [-0.1, -0.05) is 20.8 Å². The van der Waals surface area contributed by atoms with Crippen molar-refractivity contribution in [2.75, 3.05) is 12.4 Å². The fourth-order valence-electron chi connectivity index (χ4n) is 4.83. The molecule has 0 unspecified atom stereocenters. The van der Waals surface area contributed by atoms with Gasteiger partial charge in [-0.3, -0.25) is 9.59 Å². The molecular weight excluding hydrogens is 320 g/mol. The second-order valence-electron chi connectivity index (χ2n) is 8.18. The van der Waals surface area contributed by atoms with Gasteiger partial charge in [-0.2, -0.15) is 5.10 Å². The zero-order valence-corrected chi connectivity index (χ0v) is 15.9. The molecule has 3 rings (SSSR count). The Hall–Kier alpha value is -2.05. The zero-order valence-electron chi connectivity index (χ0n) is 15.9. The molecular formula is C18H28N4O3. The molecule has 2 fully saturated rings. The van der Waals surface area contributed by atoms with E-state index in [1.165, 1.54) is 18.2 Å². The third kappa shape index (κ3) is 2.51. The van der Waals surface area contributed by atoms with Gasteiger partial charge in [0.2, 0.25) is 5.88 Å². The molecule has 2 amide bonds. The molecule has 7 nitrogen and oxygen atoms in total. The minimum absolute atomic E-state index is 0.0372. The van der Waals surface area contributed by atoms with Crippen molar-refractivity contribution in [3.05, 3.63) is 5.69 Å². The number of carbonyl (C=O) groups is 2. The highest BCUT2D eigenvalue weighted by Crippen LogP contribution is 2.65. The van der Waals surface area contributed by atoms with Gasteiger partial charge < -0.3 is 15.4 Å². The van der Waals surface area contributed by atoms with Gasteiger partial charge in [-0.15, -0.1) is 0 Å². The monoisotopic (exact) mass is 348 g/mol. The molecule has 2 N–H and O–H groups in total. The summed E-state index contributed by atoms with van der Waals surface area (Å²) in [7, 11) is 3.23. The molecule has 0 aliphatic heterocycles. The van der Waals surface area contributed by atoms with E-state index >= 15 is 0 Å². The number of methoxy groups -OCH3 is 1. The molecule has 7 heteroatoms. The van der Waals surface area contributed by atoms with E-state index in [0.29, 0.717) is 23.2 Å². The van der Waals surface area contributed by atoms with Crippen LogP contribution in [0.5, 0.6) is 5.88 Å². The summed E-state index contributed by atoms with van der Waals surface area (Å²) in [6, 6.07) is 0.0383. The average molecular weight is 348 g/mol. The average Bonchev–Trinajstić information content (AvgIpc) is 3.00. The number of rotatable bonds is 3. The van der Waals surface area contributed by atoms with Crippen molar-refractivity contribution >= 4 is 17.5 Å². The normalized spacial score (nSPS) is 29.5. The van der Waals surface area contributed by atoms with Gasteiger partial charge in [0.05, 0.1) is 12.8 Å². The summed E-state index contributed by atoms with van der Waals surface area (Å²) >= 11 is 0. The molecule has 2 saturated carbocycles. The fourth-order valence-corrected chi connectivity index (χ4v) is 4.83. The lowest BCUT2D eigenvalue weighted by atomic mass is 9.69. The summed E-state index contributed by atoms with van der Waals surface area (Å²) in [5.41, 5.74) is 1.26. The van der Waals surface area contributed by atoms with Crippen LogP contribution in [0.1, 0.15) is 45.7 Å². The standard InChI is InChI=1S/C18H28N4O3/c1-10-13(16(25-6)22(5)21-10)20-15(24)14(23)19-12-9-11-7-8-18(12,4)17(11,2)3/h11-12H,7-9H2,1-6H3,(H,19,23)(H,20,24)/t11-,12+,18-/m1/s1. The molecule has 0 aromatic carbocycles. The smallest absolute Gasteiger partial charge is 0.313 e. The number of carbonyl (C=O) groups excluding carboxylic acids is 2. The number of aromatic nitrogens is 2. The molecule has 25 heavy (non-hydrogen) atoms. The predicted molar refractivity (Wildman–Crippen MR) is 94.3 cm³/mol. The zero-order chi connectivity index (χ0) is 18.6. The van der Waals surface area contributed by atoms with Gasteiger partial charge in [0, 0.05) is 13.1 Å². The number of anilines is 1. The van der Waals surface area contributed by atoms with Crippen LogP contribution >= 0.6 is 0 Å². The van der Waals surface area contributed by atoms with E-state index in [1.807, 2.05) is 0 Å². The van der Waals surface area contributed by atoms with Crippen molar-refractivity contribution in [1.82, 2.24) is 15.1 Å². The number of ether oxygens (including phenoxy) is 1. The summed E-state index contributed by atoms with van der Waals surface area (Å²) in [6.07, 6.45) is 3.23. The van der Waals surface area contributed by atoms with E-state index in [1.54, 1.807) is 14.0 Å². The summed E-state index contributed by atoms with van der Waals surface area (Å²) in [4.78, 5) is 24.8. The van der Waals surface area contributed by atoms with Crippen molar-refractivity contribution in [2.24, 2.45) is 23.8 Å². The van der Waals surface area contributed by atoms with Gasteiger partial charge in [-0.05, 0) is 42.9 Å². The Bertz CT molecular complexity index is 724. The quantitative estimate of drug-likeness (QED) is 0.818. The fraction of sp³-hybridized carbons (Fsp3) is 0.722. The van der Waals surface area contributed by atoms with Crippen LogP contribution in [-0.4, -0.2) is 34.7 Å². The lowest BCUT2D eigenvalue weighted by molar-refractivity contribution is -0.137. The van der Waals surface area contributed by atoms with Crippen molar-refractivity contribution < 1.29 is 14.3 Å². The first-order chi connectivity index (χ1) is 11.6. The van der Waals surface area contributed by atoms with E-state index in [-0.39, 0.29) is 16.9 Å². The second-order valence-corrected chi connectivity index (χ2v) is 8.18. The van der Waals surface area contributed by atoms with E-state index in [4.69, 9.17) is 4.74 Å². The van der Waals surface area contributed by atoms with Crippen LogP contribution in [-0.2, 0) is 16.6 Å². The van der Waals surface area contributed by atoms with Crippen molar-refractivity contribution in [3.63, 3.8) is 0 Å². The first kappa shape index (κ1) is 17.8. The SMILES string of the molecule is COc1c(NC(=O)C(=O)N[C@H]2C[C@H]3CC[C@@]2(C)C3(C)C)c(C)nn1C. The topological polar surface area (TPSA) is 85.2 Å². The molecule has 1 aromatic rings. The lowest BCUT2D eigenvalue weighted by Crippen LogP contribution is -2.49. The highest BCUT2D eigenvalue weighted by atomic mass is 16.5. The van der Waals surface area contributed by atoms with E-state index < -0.39 is 11.8 Å². The van der Waals surface area contributed by atoms with Gasteiger partial charge in [-0.25, -0.2) is 4.68 Å². The maximum atomic E-state index is 12.5. The summed E-state index contributed by atoms with van der Waals surface area (Å²) in [5.74, 6) is -0.253. The third-order valence-electron chi connectivity index (χ3n) is 6.91. The number of amides is 2. The minimum Gasteiger partial charge on any atom is -0.480 e. The van der Waals surface area contributed by atoms with Gasteiger partial charge in [0.1, 0.15) is 5.69 Å². The summed E-state index contributed by atoms with van der Waals surface area (Å²) in [5, 5.41) is 9.82. The van der Waals surface area contributed by atoms with Crippen LogP contribution in [0.25, 0.3) is 0 Å². The summed E-state index contributed by atoms with van der Waals surface area (Å²) in [6.45, 7) is 8.55. The highest BCUT2D eigenvalue weighted by Gasteiger charge is 2.61. The lowest BCUT2D eigenvalue weighted by Gasteiger charge is -2.39. The van der Waals surface area contributed by atoms with Gasteiger partial charge in [0.15, 0.2) is 0 Å². The number of hydrogen-bond acceptors (Lipinski definition) is 4. The second kappa shape index (κ2) is 5.75. The first-order valence-electron chi connectivity index (χ1n) is 8.81. The van der Waals surface area contributed by atoms with E-state index in [0.717, 1.165) is 12.8 Å². The van der Waals surface area contributed by atoms with E-state index in [2.05, 4.69) is 36.5 Å². The Balaban J connectivity index is 1.70. The Morgan fingerprint density at radius 3 is 2.48 bits per heavy atom. The molecule has 2 aliphatic rings. The number of aryl methyl sites for hydroxylation is 2. The number of nitrogens with one attached hydrogen (secondary N) is 2. The molecule has 3 atom stereocenters. The summed E-state index contributed by atoms with van der Waals surface area (Å²) < 4.78 is 6.78. The maximum absolute atomic E-state index is 12.5. The maximum Gasteiger partial charge on any atom is 0.313 e. The largest absolute Gasteiger partial charge is 0.480 e. The van der Waals surface area contributed by atoms with Crippen LogP contribution in [0.15, 0.2) is 0 Å². The van der Waals surface area contributed by atoms with Crippen LogP contribution in [0.4, 0.5) is 5.69 Å². The Labute approximate surface area is 148 Å². The van der Waals surface area contributed by atoms with Crippen molar-refractivity contribution in [3.8, 4) is 5.88 Å². The molecule has 2 aliphatic carbocycles. The Morgan fingerprint density at radius 2 is 1.96 bits per heavy atom. The van der Waals surface area contributed by atoms with Gasteiger partial charge in [0.25, 0.3) is 0 Å². The molecule has 2 bridgehead atoms. The van der Waals surface area contributed by atoms with Crippen molar-refractivity contribution in [2.45, 2.75) is 53.0 Å². The molecule has 1 heterocycles. The molecule has 0 spiro atoms. The molecule has 138 valence electrons. The highest BCUT2D eigenvalue weighted by molar-refractivity contribution is 6.39. The van der Waals surface area contributed by atoms with Crippen LogP contribution < -0.4 is 15.4 Å². The third-order valence-corrected chi connectivity index (χ3v) is 6.91.